The summed E-state index contributed by atoms with van der Waals surface area (Å²) >= 11 is 0. The van der Waals surface area contributed by atoms with E-state index in [0.717, 1.165) is 20.8 Å². The zero-order valence-electron chi connectivity index (χ0n) is 9.80. The van der Waals surface area contributed by atoms with E-state index in [1.54, 1.807) is 0 Å². The van der Waals surface area contributed by atoms with Crippen molar-refractivity contribution in [2.45, 2.75) is 20.8 Å². The first-order chi connectivity index (χ1) is 5.20. The van der Waals surface area contributed by atoms with E-state index in [0.29, 0.717) is 0 Å². The molecule has 0 saturated heterocycles. The predicted molar refractivity (Wildman–Crippen MR) is 50.1 cm³/mol. The van der Waals surface area contributed by atoms with E-state index in [4.69, 9.17) is 29.7 Å². The zero-order chi connectivity index (χ0) is 10.7. The molecule has 0 spiro atoms. The van der Waals surface area contributed by atoms with Gasteiger partial charge in [-0.2, -0.15) is 0 Å². The summed E-state index contributed by atoms with van der Waals surface area (Å²) in [5.41, 5.74) is 0. The molecule has 0 heterocycles. The van der Waals surface area contributed by atoms with Gasteiger partial charge in [0, 0.05) is 17.9 Å². The van der Waals surface area contributed by atoms with Crippen LogP contribution in [-0.2, 0) is 14.4 Å². The fourth-order valence-corrected chi connectivity index (χ4v) is 0. The molecule has 18 heavy (non-hydrogen) atoms. The second kappa shape index (κ2) is 54.8. The number of carbonyl (C=O) groups is 3. The Morgan fingerprint density at radius 3 is 0.556 bits per heavy atom. The molecule has 1 radical (unpaired) electrons. The van der Waals surface area contributed by atoms with E-state index in [9.17, 15) is 0 Å². The topological polar surface area (TPSA) is 278 Å². The van der Waals surface area contributed by atoms with Crippen molar-refractivity contribution in [3.63, 3.8) is 0 Å². The SMILES string of the molecule is CC(=O)[O-].CC(=O)[O-].CC(=O)[O-].O.O.O.O.O.[Gd+3]. The molecular weight excluding hydrogens is 405 g/mol. The van der Waals surface area contributed by atoms with Crippen LogP contribution in [0.1, 0.15) is 20.8 Å². The van der Waals surface area contributed by atoms with Crippen LogP contribution in [0.5, 0.6) is 0 Å². The van der Waals surface area contributed by atoms with E-state index in [2.05, 4.69) is 0 Å². The van der Waals surface area contributed by atoms with Crippen LogP contribution in [0.3, 0.4) is 0 Å². The average molecular weight is 424 g/mol. The third kappa shape index (κ3) is 15200. The van der Waals surface area contributed by atoms with Gasteiger partial charge >= 0.3 is 39.9 Å². The summed E-state index contributed by atoms with van der Waals surface area (Å²) < 4.78 is 0. The van der Waals surface area contributed by atoms with Crippen molar-refractivity contribution in [1.82, 2.24) is 0 Å². The van der Waals surface area contributed by atoms with Crippen LogP contribution in [0.2, 0.25) is 0 Å². The number of carbonyl (C=O) groups excluding carboxylic acids is 3. The Labute approximate surface area is 135 Å². The third-order valence-corrected chi connectivity index (χ3v) is 0. The summed E-state index contributed by atoms with van der Waals surface area (Å²) in [6, 6.07) is 0. The molecule has 0 rings (SSSR count). The van der Waals surface area contributed by atoms with Gasteiger partial charge in [0.15, 0.2) is 0 Å². The minimum atomic E-state index is -1.08. The minimum Gasteiger partial charge on any atom is -0.550 e. The van der Waals surface area contributed by atoms with Gasteiger partial charge in [0.2, 0.25) is 0 Å². The van der Waals surface area contributed by atoms with Gasteiger partial charge in [0.1, 0.15) is 0 Å². The molecule has 12 heteroatoms. The molecule has 0 aliphatic carbocycles. The van der Waals surface area contributed by atoms with Gasteiger partial charge in [-0.1, -0.05) is 0 Å². The Kier molecular flexibility index (Phi) is 200. The molecule has 11 nitrogen and oxygen atoms in total. The normalized spacial score (nSPS) is 4.17. The molecular formula is C6H19GdO11. The number of rotatable bonds is 0. The number of carboxylic acid groups (broad SMARTS) is 3. The van der Waals surface area contributed by atoms with Crippen molar-refractivity contribution in [2.24, 2.45) is 0 Å². The van der Waals surface area contributed by atoms with Gasteiger partial charge < -0.3 is 57.1 Å². The van der Waals surface area contributed by atoms with Crippen LogP contribution >= 0.6 is 0 Å². The fraction of sp³-hybridized carbons (Fsp3) is 0.500. The van der Waals surface area contributed by atoms with Crippen molar-refractivity contribution in [2.75, 3.05) is 0 Å². The largest absolute Gasteiger partial charge is 3.00 e. The molecule has 0 aromatic heterocycles. The molecule has 0 aromatic rings. The maximum Gasteiger partial charge on any atom is 3.00 e. The molecule has 10 N–H and O–H groups in total. The van der Waals surface area contributed by atoms with Gasteiger partial charge in [-0.05, 0) is 20.8 Å². The van der Waals surface area contributed by atoms with Crippen LogP contribution < -0.4 is 15.3 Å². The molecule has 0 fully saturated rings. The fourth-order valence-electron chi connectivity index (χ4n) is 0. The van der Waals surface area contributed by atoms with Crippen molar-refractivity contribution in [3.05, 3.63) is 0 Å². The molecule has 0 bridgehead atoms. The molecule has 0 aliphatic rings. The first-order valence-electron chi connectivity index (χ1n) is 2.72. The Balaban J connectivity index is -0.00000000827. The van der Waals surface area contributed by atoms with E-state index in [-0.39, 0.29) is 67.3 Å². The number of aliphatic carboxylic acids is 3. The summed E-state index contributed by atoms with van der Waals surface area (Å²) in [6.45, 7) is 2.92. The van der Waals surface area contributed by atoms with E-state index in [1.807, 2.05) is 0 Å². The van der Waals surface area contributed by atoms with Crippen molar-refractivity contribution >= 4 is 17.9 Å². The maximum atomic E-state index is 8.89. The number of carboxylic acids is 3. The summed E-state index contributed by atoms with van der Waals surface area (Å²) in [7, 11) is 0. The Bertz CT molecular complexity index is 119. The summed E-state index contributed by atoms with van der Waals surface area (Å²) in [5.74, 6) is -3.25. The van der Waals surface area contributed by atoms with Crippen molar-refractivity contribution in [1.29, 1.82) is 0 Å². The first-order valence-corrected chi connectivity index (χ1v) is 2.72. The second-order valence-corrected chi connectivity index (χ2v) is 1.47. The van der Waals surface area contributed by atoms with E-state index < -0.39 is 17.9 Å². The van der Waals surface area contributed by atoms with Gasteiger partial charge in [-0.25, -0.2) is 0 Å². The first kappa shape index (κ1) is 65.8. The zero-order valence-corrected chi connectivity index (χ0v) is 12.1. The molecule has 0 unspecified atom stereocenters. The summed E-state index contributed by atoms with van der Waals surface area (Å²) in [6.07, 6.45) is 0. The minimum absolute atomic E-state index is 0. The van der Waals surface area contributed by atoms with Crippen LogP contribution in [0, 0.1) is 39.9 Å². The molecule has 0 amide bonds. The van der Waals surface area contributed by atoms with Crippen molar-refractivity contribution in [3.8, 4) is 0 Å². The average Bonchev–Trinajstić information content (AvgIpc) is 1.54. The quantitative estimate of drug-likeness (QED) is 0.363. The van der Waals surface area contributed by atoms with Crippen LogP contribution in [-0.4, -0.2) is 45.3 Å². The van der Waals surface area contributed by atoms with Gasteiger partial charge in [-0.3, -0.25) is 0 Å². The van der Waals surface area contributed by atoms with Crippen LogP contribution in [0.4, 0.5) is 0 Å². The summed E-state index contributed by atoms with van der Waals surface area (Å²) in [4.78, 5) is 26.7. The van der Waals surface area contributed by atoms with Crippen molar-refractivity contribution < 1.29 is 97.0 Å². The Morgan fingerprint density at radius 1 is 0.556 bits per heavy atom. The Hall–Kier alpha value is -0.465. The number of hydrogen-bond acceptors (Lipinski definition) is 6. The molecule has 0 saturated carbocycles. The monoisotopic (exact) mass is 425 g/mol. The van der Waals surface area contributed by atoms with Gasteiger partial charge in [0.05, 0.1) is 0 Å². The predicted octanol–water partition coefficient (Wildman–Crippen LogP) is -7.85. The van der Waals surface area contributed by atoms with Gasteiger partial charge in [0.25, 0.3) is 0 Å². The second-order valence-electron chi connectivity index (χ2n) is 1.47. The third-order valence-electron chi connectivity index (χ3n) is 0. The molecule has 0 aliphatic heterocycles. The molecule has 0 aromatic carbocycles. The smallest absolute Gasteiger partial charge is 0.550 e. The molecule has 0 atom stereocenters. The van der Waals surface area contributed by atoms with Gasteiger partial charge in [-0.15, -0.1) is 0 Å². The van der Waals surface area contributed by atoms with Crippen LogP contribution in [0.25, 0.3) is 0 Å². The van der Waals surface area contributed by atoms with Crippen LogP contribution in [0.15, 0.2) is 0 Å². The maximum absolute atomic E-state index is 8.89. The summed E-state index contributed by atoms with van der Waals surface area (Å²) in [5, 5.41) is 26.7. The van der Waals surface area contributed by atoms with E-state index >= 15 is 0 Å². The van der Waals surface area contributed by atoms with E-state index in [1.165, 1.54) is 0 Å². The molecule has 117 valence electrons. The Morgan fingerprint density at radius 2 is 0.556 bits per heavy atom. The number of hydrogen-bond donors (Lipinski definition) is 0. The standard InChI is InChI=1S/3C2H4O2.Gd.5H2O/c3*1-2(3)4;;;;;;/h3*1H3,(H,3,4);;5*1H2/q;;;+3;;;;;/p-3.